The molecule has 5 nitrogen and oxygen atoms in total. The van der Waals surface area contributed by atoms with Gasteiger partial charge in [-0.05, 0) is 25.9 Å². The van der Waals surface area contributed by atoms with Crippen molar-refractivity contribution in [2.24, 2.45) is 5.90 Å². The molecule has 0 spiro atoms. The highest BCUT2D eigenvalue weighted by molar-refractivity contribution is 5.70. The predicted molar refractivity (Wildman–Crippen MR) is 51.4 cm³/mol. The van der Waals surface area contributed by atoms with E-state index in [0.29, 0.717) is 0 Å². The number of hydrogen-bond donors (Lipinski definition) is 1. The third-order valence-electron chi connectivity index (χ3n) is 2.41. The van der Waals surface area contributed by atoms with Crippen molar-refractivity contribution in [3.05, 3.63) is 0 Å². The van der Waals surface area contributed by atoms with Gasteiger partial charge in [0.2, 0.25) is 0 Å². The summed E-state index contributed by atoms with van der Waals surface area (Å²) >= 11 is 0. The fourth-order valence-corrected chi connectivity index (χ4v) is 1.68. The molecule has 1 aliphatic heterocycles. The highest BCUT2D eigenvalue weighted by Crippen LogP contribution is 2.12. The summed E-state index contributed by atoms with van der Waals surface area (Å²) in [5.41, 5.74) is 0. The highest BCUT2D eigenvalue weighted by Gasteiger charge is 2.21. The van der Waals surface area contributed by atoms with Gasteiger partial charge >= 0.3 is 5.97 Å². The molecular formula is C9H18N2O3. The Morgan fingerprint density at radius 1 is 1.64 bits per heavy atom. The monoisotopic (exact) mass is 202 g/mol. The molecule has 0 radical (unpaired) electrons. The number of carbonyl (C=O) groups is 1. The Morgan fingerprint density at radius 3 is 3.07 bits per heavy atom. The first kappa shape index (κ1) is 11.4. The van der Waals surface area contributed by atoms with Crippen molar-refractivity contribution >= 4 is 5.97 Å². The van der Waals surface area contributed by atoms with Crippen LogP contribution in [0.1, 0.15) is 19.8 Å². The molecule has 1 heterocycles. The number of likely N-dealkylation sites (tertiary alicyclic amines) is 1. The van der Waals surface area contributed by atoms with Gasteiger partial charge in [-0.15, -0.1) is 0 Å². The molecule has 0 saturated carbocycles. The Kier molecular flexibility index (Phi) is 4.86. The quantitative estimate of drug-likeness (QED) is 0.509. The maximum atomic E-state index is 11.1. The molecule has 0 bridgehead atoms. The third kappa shape index (κ3) is 3.61. The van der Waals surface area contributed by atoms with E-state index in [1.54, 1.807) is 0 Å². The maximum Gasteiger partial charge on any atom is 0.334 e. The smallest absolute Gasteiger partial charge is 0.334 e. The maximum absolute atomic E-state index is 11.1. The van der Waals surface area contributed by atoms with E-state index in [9.17, 15) is 4.79 Å². The lowest BCUT2D eigenvalue weighted by Gasteiger charge is -2.31. The Balaban J connectivity index is 2.26. The average Bonchev–Trinajstić information content (AvgIpc) is 2.18. The van der Waals surface area contributed by atoms with Gasteiger partial charge in [0.1, 0.15) is 6.10 Å². The molecule has 1 fully saturated rings. The van der Waals surface area contributed by atoms with Crippen molar-refractivity contribution in [3.63, 3.8) is 0 Å². The lowest BCUT2D eigenvalue weighted by molar-refractivity contribution is -0.157. The van der Waals surface area contributed by atoms with Crippen LogP contribution in [-0.4, -0.2) is 43.2 Å². The van der Waals surface area contributed by atoms with Crippen LogP contribution in [0, 0.1) is 0 Å². The van der Waals surface area contributed by atoms with Gasteiger partial charge in [0.15, 0.2) is 6.61 Å². The molecule has 0 aromatic rings. The van der Waals surface area contributed by atoms with Crippen LogP contribution in [0.3, 0.4) is 0 Å². The summed E-state index contributed by atoms with van der Waals surface area (Å²) in [4.78, 5) is 17.5. The summed E-state index contributed by atoms with van der Waals surface area (Å²) in [5.74, 6) is 4.40. The standard InChI is InChI=1S/C9H18N2O3/c1-2-11-5-3-4-8(6-11)14-9(12)7-13-10/h8H,2-7,10H2,1H3. The molecule has 1 aliphatic rings. The van der Waals surface area contributed by atoms with Gasteiger partial charge in [0, 0.05) is 6.54 Å². The second-order valence-electron chi connectivity index (χ2n) is 3.46. The van der Waals surface area contributed by atoms with E-state index in [-0.39, 0.29) is 18.7 Å². The molecule has 14 heavy (non-hydrogen) atoms. The van der Waals surface area contributed by atoms with E-state index >= 15 is 0 Å². The molecule has 1 saturated heterocycles. The van der Waals surface area contributed by atoms with Gasteiger partial charge in [-0.1, -0.05) is 6.92 Å². The second-order valence-corrected chi connectivity index (χ2v) is 3.46. The van der Waals surface area contributed by atoms with Gasteiger partial charge in [-0.25, -0.2) is 10.7 Å². The lowest BCUT2D eigenvalue weighted by atomic mass is 10.1. The van der Waals surface area contributed by atoms with Gasteiger partial charge in [-0.3, -0.25) is 9.74 Å². The first-order chi connectivity index (χ1) is 6.76. The van der Waals surface area contributed by atoms with Crippen molar-refractivity contribution in [1.29, 1.82) is 0 Å². The molecular weight excluding hydrogens is 184 g/mol. The Bertz CT molecular complexity index is 187. The molecule has 0 aromatic carbocycles. The van der Waals surface area contributed by atoms with Crippen molar-refractivity contribution in [3.8, 4) is 0 Å². The molecule has 5 heteroatoms. The van der Waals surface area contributed by atoms with E-state index in [0.717, 1.165) is 32.5 Å². The molecule has 0 aromatic heterocycles. The minimum atomic E-state index is -0.379. The zero-order valence-corrected chi connectivity index (χ0v) is 8.57. The number of hydrogen-bond acceptors (Lipinski definition) is 5. The Morgan fingerprint density at radius 2 is 2.43 bits per heavy atom. The number of nitrogens with zero attached hydrogens (tertiary/aromatic N) is 1. The zero-order chi connectivity index (χ0) is 10.4. The summed E-state index contributed by atoms with van der Waals surface area (Å²) in [6.07, 6.45) is 2.02. The van der Waals surface area contributed by atoms with E-state index in [1.165, 1.54) is 0 Å². The first-order valence-electron chi connectivity index (χ1n) is 4.99. The summed E-state index contributed by atoms with van der Waals surface area (Å²) in [6, 6.07) is 0. The topological polar surface area (TPSA) is 64.8 Å². The molecule has 1 rings (SSSR count). The van der Waals surface area contributed by atoms with Gasteiger partial charge in [0.25, 0.3) is 0 Å². The molecule has 0 amide bonds. The van der Waals surface area contributed by atoms with Crippen LogP contribution in [-0.2, 0) is 14.4 Å². The largest absolute Gasteiger partial charge is 0.459 e. The number of rotatable bonds is 4. The van der Waals surface area contributed by atoms with Crippen LogP contribution < -0.4 is 5.90 Å². The van der Waals surface area contributed by atoms with E-state index in [4.69, 9.17) is 10.6 Å². The summed E-state index contributed by atoms with van der Waals surface area (Å²) in [6.45, 7) is 4.86. The number of carbonyl (C=O) groups excluding carboxylic acids is 1. The SMILES string of the molecule is CCN1CCCC(OC(=O)CON)C1. The normalized spacial score (nSPS) is 23.4. The number of esters is 1. The first-order valence-corrected chi connectivity index (χ1v) is 4.99. The van der Waals surface area contributed by atoms with Gasteiger partial charge in [0.05, 0.1) is 0 Å². The van der Waals surface area contributed by atoms with E-state index in [2.05, 4.69) is 16.7 Å². The zero-order valence-electron chi connectivity index (χ0n) is 8.57. The van der Waals surface area contributed by atoms with Crippen LogP contribution >= 0.6 is 0 Å². The molecule has 1 unspecified atom stereocenters. The fourth-order valence-electron chi connectivity index (χ4n) is 1.68. The van der Waals surface area contributed by atoms with Gasteiger partial charge < -0.3 is 4.74 Å². The Hall–Kier alpha value is -0.650. The average molecular weight is 202 g/mol. The lowest BCUT2D eigenvalue weighted by Crippen LogP contribution is -2.40. The highest BCUT2D eigenvalue weighted by atomic mass is 16.6. The van der Waals surface area contributed by atoms with Crippen LogP contribution in [0.25, 0.3) is 0 Å². The van der Waals surface area contributed by atoms with Gasteiger partial charge in [-0.2, -0.15) is 0 Å². The minimum Gasteiger partial charge on any atom is -0.459 e. The number of ether oxygens (including phenoxy) is 1. The van der Waals surface area contributed by atoms with Crippen LogP contribution in [0.5, 0.6) is 0 Å². The minimum absolute atomic E-state index is 0.00588. The van der Waals surface area contributed by atoms with Crippen LogP contribution in [0.4, 0.5) is 0 Å². The molecule has 82 valence electrons. The van der Waals surface area contributed by atoms with Crippen molar-refractivity contribution < 1.29 is 14.4 Å². The number of piperidine rings is 1. The van der Waals surface area contributed by atoms with Crippen molar-refractivity contribution in [2.75, 3.05) is 26.2 Å². The molecule has 0 aliphatic carbocycles. The predicted octanol–water partition coefficient (Wildman–Crippen LogP) is -0.0958. The number of nitrogens with two attached hydrogens (primary N) is 1. The third-order valence-corrected chi connectivity index (χ3v) is 2.41. The fraction of sp³-hybridized carbons (Fsp3) is 0.889. The van der Waals surface area contributed by atoms with Crippen molar-refractivity contribution in [1.82, 2.24) is 4.90 Å². The summed E-state index contributed by atoms with van der Waals surface area (Å²) in [7, 11) is 0. The molecule has 1 atom stereocenters. The second kappa shape index (κ2) is 5.95. The summed E-state index contributed by atoms with van der Waals surface area (Å²) in [5, 5.41) is 0. The molecule has 2 N–H and O–H groups in total. The van der Waals surface area contributed by atoms with E-state index < -0.39 is 0 Å². The van der Waals surface area contributed by atoms with Crippen LogP contribution in [0.2, 0.25) is 0 Å². The number of likely N-dealkylation sites (N-methyl/N-ethyl adjacent to an activating group) is 1. The Labute approximate surface area is 84.1 Å². The summed E-state index contributed by atoms with van der Waals surface area (Å²) < 4.78 is 5.18. The van der Waals surface area contributed by atoms with Crippen molar-refractivity contribution in [2.45, 2.75) is 25.9 Å². The van der Waals surface area contributed by atoms with E-state index in [1.807, 2.05) is 0 Å². The van der Waals surface area contributed by atoms with Crippen LogP contribution in [0.15, 0.2) is 0 Å².